The summed E-state index contributed by atoms with van der Waals surface area (Å²) in [4.78, 5) is 2.77. The topological polar surface area (TPSA) is 12.0 Å². The van der Waals surface area contributed by atoms with Gasteiger partial charge in [-0.15, -0.1) is 11.3 Å². The van der Waals surface area contributed by atoms with E-state index >= 15 is 0 Å². The van der Waals surface area contributed by atoms with Crippen molar-refractivity contribution in [2.45, 2.75) is 39.8 Å². The lowest BCUT2D eigenvalue weighted by atomic mass is 10.0. The lowest BCUT2D eigenvalue weighted by molar-refractivity contribution is 0.522. The first-order valence-corrected chi connectivity index (χ1v) is 8.32. The third kappa shape index (κ3) is 3.76. The predicted octanol–water partition coefficient (Wildman–Crippen LogP) is 5.91. The van der Waals surface area contributed by atoms with Crippen LogP contribution in [0.3, 0.4) is 0 Å². The minimum absolute atomic E-state index is 0.299. The largest absolute Gasteiger partial charge is 0.305 e. The number of hydrogen-bond donors (Lipinski definition) is 1. The molecule has 1 aromatic heterocycles. The van der Waals surface area contributed by atoms with Crippen molar-refractivity contribution >= 4 is 34.5 Å². The highest BCUT2D eigenvalue weighted by Gasteiger charge is 2.11. The van der Waals surface area contributed by atoms with Crippen molar-refractivity contribution in [3.63, 3.8) is 0 Å². The Morgan fingerprint density at radius 3 is 2.45 bits per heavy atom. The Morgan fingerprint density at radius 2 is 1.90 bits per heavy atom. The third-order valence-electron chi connectivity index (χ3n) is 3.49. The van der Waals surface area contributed by atoms with Crippen LogP contribution < -0.4 is 5.32 Å². The van der Waals surface area contributed by atoms with E-state index in [4.69, 9.17) is 23.2 Å². The van der Waals surface area contributed by atoms with Gasteiger partial charge in [0.25, 0.3) is 0 Å². The SMILES string of the molecule is CCC(NCc1cc(C)c(C)s1)c1ccc(Cl)c(Cl)c1. The minimum atomic E-state index is 0.299. The molecule has 0 amide bonds. The normalized spacial score (nSPS) is 12.7. The Bertz CT molecular complexity index is 573. The van der Waals surface area contributed by atoms with Gasteiger partial charge in [0.1, 0.15) is 0 Å². The van der Waals surface area contributed by atoms with Crippen molar-refractivity contribution in [2.75, 3.05) is 0 Å². The Morgan fingerprint density at radius 1 is 1.15 bits per heavy atom. The van der Waals surface area contributed by atoms with Gasteiger partial charge < -0.3 is 5.32 Å². The van der Waals surface area contributed by atoms with Gasteiger partial charge >= 0.3 is 0 Å². The van der Waals surface area contributed by atoms with Gasteiger partial charge in [0.15, 0.2) is 0 Å². The fourth-order valence-electron chi connectivity index (χ4n) is 2.19. The van der Waals surface area contributed by atoms with Crippen LogP contribution in [0.5, 0.6) is 0 Å². The average molecular weight is 328 g/mol. The molecule has 0 aliphatic rings. The summed E-state index contributed by atoms with van der Waals surface area (Å²) >= 11 is 13.9. The summed E-state index contributed by atoms with van der Waals surface area (Å²) in [6, 6.07) is 8.42. The standard InChI is InChI=1S/C16H19Cl2NS/c1-4-16(12-5-6-14(17)15(18)8-12)19-9-13-7-10(2)11(3)20-13/h5-8,16,19H,4,9H2,1-3H3. The van der Waals surface area contributed by atoms with Gasteiger partial charge in [0.2, 0.25) is 0 Å². The molecule has 2 rings (SSSR count). The van der Waals surface area contributed by atoms with Crippen LogP contribution in [0.1, 0.15) is 40.3 Å². The molecule has 20 heavy (non-hydrogen) atoms. The molecule has 1 aromatic carbocycles. The number of aryl methyl sites for hydroxylation is 2. The maximum Gasteiger partial charge on any atom is 0.0595 e. The summed E-state index contributed by atoms with van der Waals surface area (Å²) in [5.74, 6) is 0. The highest BCUT2D eigenvalue weighted by atomic mass is 35.5. The van der Waals surface area contributed by atoms with Crippen LogP contribution in [0.4, 0.5) is 0 Å². The van der Waals surface area contributed by atoms with Gasteiger partial charge in [0.05, 0.1) is 10.0 Å². The maximum absolute atomic E-state index is 6.10. The first-order valence-electron chi connectivity index (χ1n) is 6.75. The number of halogens is 2. The molecule has 1 N–H and O–H groups in total. The second-order valence-corrected chi connectivity index (χ2v) is 7.12. The van der Waals surface area contributed by atoms with Crippen LogP contribution in [-0.4, -0.2) is 0 Å². The van der Waals surface area contributed by atoms with Crippen LogP contribution in [0.25, 0.3) is 0 Å². The number of thiophene rings is 1. The van der Waals surface area contributed by atoms with Crippen molar-refractivity contribution in [3.8, 4) is 0 Å². The number of nitrogens with one attached hydrogen (secondary N) is 1. The van der Waals surface area contributed by atoms with E-state index in [0.717, 1.165) is 13.0 Å². The van der Waals surface area contributed by atoms with Crippen molar-refractivity contribution in [3.05, 3.63) is 55.2 Å². The number of rotatable bonds is 5. The molecule has 1 heterocycles. The van der Waals surface area contributed by atoms with E-state index in [0.29, 0.717) is 16.1 Å². The lowest BCUT2D eigenvalue weighted by Gasteiger charge is -2.17. The van der Waals surface area contributed by atoms with Crippen LogP contribution in [0, 0.1) is 13.8 Å². The molecule has 0 saturated carbocycles. The summed E-state index contributed by atoms with van der Waals surface area (Å²) in [5.41, 5.74) is 2.56. The quantitative estimate of drug-likeness (QED) is 0.719. The van der Waals surface area contributed by atoms with E-state index in [1.54, 1.807) is 0 Å². The van der Waals surface area contributed by atoms with Crippen molar-refractivity contribution in [1.82, 2.24) is 5.32 Å². The molecular weight excluding hydrogens is 309 g/mol. The molecule has 0 aliphatic carbocycles. The maximum atomic E-state index is 6.10. The second kappa shape index (κ2) is 6.95. The van der Waals surface area contributed by atoms with E-state index in [2.05, 4.69) is 32.2 Å². The van der Waals surface area contributed by atoms with Crippen LogP contribution in [0.2, 0.25) is 10.0 Å². The first kappa shape index (κ1) is 15.8. The second-order valence-electron chi connectivity index (χ2n) is 4.97. The van der Waals surface area contributed by atoms with E-state index in [-0.39, 0.29) is 0 Å². The fraction of sp³-hybridized carbons (Fsp3) is 0.375. The monoisotopic (exact) mass is 327 g/mol. The molecule has 1 atom stereocenters. The summed E-state index contributed by atoms with van der Waals surface area (Å²) in [7, 11) is 0. The molecule has 0 bridgehead atoms. The van der Waals surface area contributed by atoms with Gasteiger partial charge in [-0.2, -0.15) is 0 Å². The van der Waals surface area contributed by atoms with Crippen LogP contribution in [0.15, 0.2) is 24.3 Å². The number of benzene rings is 1. The molecule has 4 heteroatoms. The van der Waals surface area contributed by atoms with E-state index in [1.165, 1.54) is 20.9 Å². The molecule has 0 radical (unpaired) electrons. The lowest BCUT2D eigenvalue weighted by Crippen LogP contribution is -2.19. The van der Waals surface area contributed by atoms with Gasteiger partial charge in [-0.05, 0) is 49.6 Å². The average Bonchev–Trinajstić information content (AvgIpc) is 2.73. The van der Waals surface area contributed by atoms with Gasteiger partial charge in [-0.1, -0.05) is 36.2 Å². The smallest absolute Gasteiger partial charge is 0.0595 e. The highest BCUT2D eigenvalue weighted by Crippen LogP contribution is 2.27. The third-order valence-corrected chi connectivity index (χ3v) is 5.39. The summed E-state index contributed by atoms with van der Waals surface area (Å²) in [5, 5.41) is 4.82. The number of hydrogen-bond acceptors (Lipinski definition) is 2. The molecule has 0 spiro atoms. The van der Waals surface area contributed by atoms with Crippen molar-refractivity contribution < 1.29 is 0 Å². The Labute approximate surface area is 134 Å². The van der Waals surface area contributed by atoms with Crippen molar-refractivity contribution in [2.24, 2.45) is 0 Å². The van der Waals surface area contributed by atoms with E-state index in [1.807, 2.05) is 29.5 Å². The Kier molecular flexibility index (Phi) is 5.50. The van der Waals surface area contributed by atoms with Crippen LogP contribution in [-0.2, 0) is 6.54 Å². The first-order chi connectivity index (χ1) is 9.51. The predicted molar refractivity (Wildman–Crippen MR) is 90.1 cm³/mol. The molecule has 1 unspecified atom stereocenters. The van der Waals surface area contributed by atoms with Gasteiger partial charge in [0, 0.05) is 22.3 Å². The Balaban J connectivity index is 2.06. The molecule has 108 valence electrons. The highest BCUT2D eigenvalue weighted by molar-refractivity contribution is 7.12. The fourth-order valence-corrected chi connectivity index (χ4v) is 3.50. The van der Waals surface area contributed by atoms with E-state index in [9.17, 15) is 0 Å². The zero-order valence-electron chi connectivity index (χ0n) is 12.0. The van der Waals surface area contributed by atoms with Crippen LogP contribution >= 0.6 is 34.5 Å². The zero-order valence-corrected chi connectivity index (χ0v) is 14.3. The minimum Gasteiger partial charge on any atom is -0.305 e. The summed E-state index contributed by atoms with van der Waals surface area (Å²) in [6.45, 7) is 7.38. The molecule has 0 saturated heterocycles. The summed E-state index contributed by atoms with van der Waals surface area (Å²) in [6.07, 6.45) is 1.02. The molecule has 2 aromatic rings. The molecule has 1 nitrogen and oxygen atoms in total. The molecule has 0 aliphatic heterocycles. The molecule has 0 fully saturated rings. The molecular formula is C16H19Cl2NS. The Hall–Kier alpha value is -0.540. The van der Waals surface area contributed by atoms with E-state index < -0.39 is 0 Å². The van der Waals surface area contributed by atoms with Crippen molar-refractivity contribution in [1.29, 1.82) is 0 Å². The van der Waals surface area contributed by atoms with Gasteiger partial charge in [-0.25, -0.2) is 0 Å². The van der Waals surface area contributed by atoms with Gasteiger partial charge in [-0.3, -0.25) is 0 Å². The zero-order chi connectivity index (χ0) is 14.7. The summed E-state index contributed by atoms with van der Waals surface area (Å²) < 4.78 is 0.